The minimum absolute atomic E-state index is 0.372. The molecule has 0 saturated carbocycles. The summed E-state index contributed by atoms with van der Waals surface area (Å²) in [6.07, 6.45) is 0. The van der Waals surface area contributed by atoms with Crippen LogP contribution in [0, 0.1) is 0 Å². The van der Waals surface area contributed by atoms with Crippen molar-refractivity contribution < 1.29 is 17.6 Å². The first kappa shape index (κ1) is 33.1. The van der Waals surface area contributed by atoms with Crippen LogP contribution in [0.4, 0.5) is 17.6 Å². The molecule has 0 saturated heterocycles. The number of benzene rings is 7. The maximum Gasteiger partial charge on any atom is 0.299 e. The van der Waals surface area contributed by atoms with Gasteiger partial charge in [0.05, 0.1) is 0 Å². The number of hydrogen-bond donors (Lipinski definition) is 0. The van der Waals surface area contributed by atoms with Gasteiger partial charge in [0.15, 0.2) is 17.5 Å². The van der Waals surface area contributed by atoms with E-state index in [4.69, 9.17) is 15.0 Å². The zero-order valence-corrected chi connectivity index (χ0v) is 28.6. The Bertz CT molecular complexity index is 2600. The predicted molar refractivity (Wildman–Crippen MR) is 205 cm³/mol. The second-order valence-electron chi connectivity index (χ2n) is 13.2. The Kier molecular flexibility index (Phi) is 8.00. The predicted octanol–water partition coefficient (Wildman–Crippen LogP) is 12.5. The molecule has 260 valence electrons. The summed E-state index contributed by atoms with van der Waals surface area (Å²) in [5.74, 6) is -6.02. The van der Waals surface area contributed by atoms with Crippen LogP contribution in [0.25, 0.3) is 67.5 Å². The molecule has 0 spiro atoms. The summed E-state index contributed by atoms with van der Waals surface area (Å²) in [4.78, 5) is 14.5. The largest absolute Gasteiger partial charge is 0.299 e. The Balaban J connectivity index is 1.26. The standard InChI is InChI=1S/C47H29F4N3/c48-46(49)39-24-10-11-25-40(39)47(50,51)42-29-38(37(28-41(42)46)34-21-12-20-33(26-34)30-14-4-1-5-15-30)35-22-13-23-36(27-35)45-53-43(31-16-6-2-7-17-31)52-44(54-45)32-18-8-3-9-19-32/h1-29H. The molecule has 3 nitrogen and oxygen atoms in total. The number of hydrogen-bond acceptors (Lipinski definition) is 3. The first-order valence-corrected chi connectivity index (χ1v) is 17.5. The van der Waals surface area contributed by atoms with Gasteiger partial charge in [0.1, 0.15) is 0 Å². The fourth-order valence-electron chi connectivity index (χ4n) is 7.18. The van der Waals surface area contributed by atoms with Crippen LogP contribution in [0.5, 0.6) is 0 Å². The molecule has 0 radical (unpaired) electrons. The van der Waals surface area contributed by atoms with E-state index in [0.717, 1.165) is 34.4 Å². The first-order valence-electron chi connectivity index (χ1n) is 17.5. The summed E-state index contributed by atoms with van der Waals surface area (Å²) < 4.78 is 65.7. The van der Waals surface area contributed by atoms with Gasteiger partial charge in [-0.2, -0.15) is 17.6 Å². The molecule has 7 aromatic carbocycles. The van der Waals surface area contributed by atoms with Gasteiger partial charge in [-0.1, -0.05) is 152 Å². The van der Waals surface area contributed by atoms with Crippen LogP contribution in [0.15, 0.2) is 176 Å². The Morgan fingerprint density at radius 3 is 1.07 bits per heavy atom. The van der Waals surface area contributed by atoms with Gasteiger partial charge in [-0.25, -0.2) is 15.0 Å². The molecule has 1 heterocycles. The van der Waals surface area contributed by atoms with Crippen molar-refractivity contribution >= 4 is 0 Å². The third-order valence-electron chi connectivity index (χ3n) is 9.85. The zero-order chi connectivity index (χ0) is 36.9. The third kappa shape index (κ3) is 5.75. The van der Waals surface area contributed by atoms with Gasteiger partial charge in [0.25, 0.3) is 11.8 Å². The summed E-state index contributed by atoms with van der Waals surface area (Å²) in [5, 5.41) is 0. The highest BCUT2D eigenvalue weighted by molar-refractivity contribution is 5.88. The van der Waals surface area contributed by atoms with E-state index in [0.29, 0.717) is 45.3 Å². The van der Waals surface area contributed by atoms with E-state index in [1.807, 2.05) is 127 Å². The average Bonchev–Trinajstić information content (AvgIpc) is 3.23. The molecule has 0 N–H and O–H groups in total. The molecule has 0 amide bonds. The lowest BCUT2D eigenvalue weighted by atomic mass is 9.77. The lowest BCUT2D eigenvalue weighted by Crippen LogP contribution is -2.33. The van der Waals surface area contributed by atoms with Gasteiger partial charge >= 0.3 is 0 Å². The van der Waals surface area contributed by atoms with E-state index < -0.39 is 34.1 Å². The number of fused-ring (bicyclic) bond motifs is 2. The van der Waals surface area contributed by atoms with Crippen LogP contribution < -0.4 is 0 Å². The Morgan fingerprint density at radius 1 is 0.278 bits per heavy atom. The van der Waals surface area contributed by atoms with Crippen LogP contribution in [0.2, 0.25) is 0 Å². The van der Waals surface area contributed by atoms with E-state index in [-0.39, 0.29) is 0 Å². The summed E-state index contributed by atoms with van der Waals surface area (Å²) in [7, 11) is 0. The van der Waals surface area contributed by atoms with Crippen molar-refractivity contribution in [3.05, 3.63) is 198 Å². The Hall–Kier alpha value is -6.73. The van der Waals surface area contributed by atoms with Crippen molar-refractivity contribution in [2.75, 3.05) is 0 Å². The average molecular weight is 712 g/mol. The molecule has 7 heteroatoms. The van der Waals surface area contributed by atoms with Crippen molar-refractivity contribution in [2.24, 2.45) is 0 Å². The van der Waals surface area contributed by atoms with Crippen LogP contribution in [0.3, 0.4) is 0 Å². The van der Waals surface area contributed by atoms with E-state index in [1.54, 1.807) is 12.1 Å². The van der Waals surface area contributed by atoms with Crippen LogP contribution in [-0.2, 0) is 11.8 Å². The molecule has 1 aliphatic rings. The van der Waals surface area contributed by atoms with Gasteiger partial charge in [0.2, 0.25) is 0 Å². The van der Waals surface area contributed by atoms with Gasteiger partial charge in [-0.3, -0.25) is 0 Å². The highest BCUT2D eigenvalue weighted by Gasteiger charge is 2.53. The second-order valence-corrected chi connectivity index (χ2v) is 13.2. The second kappa shape index (κ2) is 13.0. The highest BCUT2D eigenvalue weighted by Crippen LogP contribution is 2.55. The van der Waals surface area contributed by atoms with Crippen LogP contribution >= 0.6 is 0 Å². The number of aromatic nitrogens is 3. The molecule has 9 rings (SSSR count). The molecular formula is C47H29F4N3. The summed E-state index contributed by atoms with van der Waals surface area (Å²) in [6.45, 7) is 0. The van der Waals surface area contributed by atoms with Crippen molar-refractivity contribution in [1.29, 1.82) is 0 Å². The quantitative estimate of drug-likeness (QED) is 0.161. The molecule has 0 bridgehead atoms. The van der Waals surface area contributed by atoms with Crippen LogP contribution in [-0.4, -0.2) is 15.0 Å². The smallest absolute Gasteiger partial charge is 0.208 e. The van der Waals surface area contributed by atoms with E-state index in [2.05, 4.69) is 0 Å². The van der Waals surface area contributed by atoms with Gasteiger partial charge in [-0.05, 0) is 57.6 Å². The summed E-state index contributed by atoms with van der Waals surface area (Å²) in [6, 6.07) is 50.9. The Morgan fingerprint density at radius 2 is 0.611 bits per heavy atom. The summed E-state index contributed by atoms with van der Waals surface area (Å²) in [5.41, 5.74) is 3.07. The van der Waals surface area contributed by atoms with Crippen molar-refractivity contribution in [2.45, 2.75) is 11.8 Å². The molecule has 1 aromatic heterocycles. The Labute approximate surface area is 309 Å². The normalized spacial score (nSPS) is 13.9. The van der Waals surface area contributed by atoms with E-state index in [1.165, 1.54) is 24.3 Å². The minimum atomic E-state index is -3.67. The van der Waals surface area contributed by atoms with Crippen LogP contribution in [0.1, 0.15) is 22.3 Å². The van der Waals surface area contributed by atoms with Gasteiger partial charge in [-0.15, -0.1) is 0 Å². The van der Waals surface area contributed by atoms with Crippen molar-refractivity contribution in [3.8, 4) is 67.5 Å². The zero-order valence-electron chi connectivity index (χ0n) is 28.6. The maximum atomic E-state index is 16.4. The highest BCUT2D eigenvalue weighted by atomic mass is 19.3. The molecule has 0 aliphatic heterocycles. The fourth-order valence-corrected chi connectivity index (χ4v) is 7.18. The SMILES string of the molecule is FC1(F)c2ccccc2C(F)(F)c2cc(-c3cccc(-c4nc(-c5ccccc5)nc(-c5ccccc5)n4)c3)c(-c3cccc(-c4ccccc4)c3)cc21. The molecule has 54 heavy (non-hydrogen) atoms. The number of alkyl halides is 4. The topological polar surface area (TPSA) is 38.7 Å². The van der Waals surface area contributed by atoms with E-state index in [9.17, 15) is 0 Å². The molecule has 8 aromatic rings. The lowest BCUT2D eigenvalue weighted by molar-refractivity contribution is -0.0113. The fraction of sp³-hybridized carbons (Fsp3) is 0.0426. The molecule has 0 atom stereocenters. The maximum absolute atomic E-state index is 16.4. The number of rotatable bonds is 6. The minimum Gasteiger partial charge on any atom is -0.208 e. The molecule has 0 fully saturated rings. The monoisotopic (exact) mass is 711 g/mol. The van der Waals surface area contributed by atoms with Gasteiger partial charge < -0.3 is 0 Å². The molecule has 0 unspecified atom stereocenters. The third-order valence-corrected chi connectivity index (χ3v) is 9.85. The van der Waals surface area contributed by atoms with Crippen molar-refractivity contribution in [3.63, 3.8) is 0 Å². The van der Waals surface area contributed by atoms with Gasteiger partial charge in [0, 0.05) is 38.9 Å². The summed E-state index contributed by atoms with van der Waals surface area (Å²) >= 11 is 0. The first-order chi connectivity index (χ1) is 26.3. The number of halogens is 4. The lowest BCUT2D eigenvalue weighted by Gasteiger charge is -2.34. The van der Waals surface area contributed by atoms with Crippen molar-refractivity contribution in [1.82, 2.24) is 15.0 Å². The number of nitrogens with zero attached hydrogens (tertiary/aromatic N) is 3. The van der Waals surface area contributed by atoms with E-state index >= 15 is 17.6 Å². The molecular weight excluding hydrogens is 683 g/mol. The molecule has 1 aliphatic carbocycles.